The number of piperidine rings is 1. The van der Waals surface area contributed by atoms with Crippen LogP contribution in [0.25, 0.3) is 10.9 Å². The summed E-state index contributed by atoms with van der Waals surface area (Å²) in [6, 6.07) is 8.18. The van der Waals surface area contributed by atoms with Gasteiger partial charge in [-0.05, 0) is 57.4 Å². The number of nitrogens with one attached hydrogen (secondary N) is 1. The van der Waals surface area contributed by atoms with Crippen LogP contribution in [0.3, 0.4) is 0 Å². The number of hydrogen-bond acceptors (Lipinski definition) is 2. The number of hydrogen-bond donors (Lipinski definition) is 2. The van der Waals surface area contributed by atoms with Gasteiger partial charge in [0, 0.05) is 28.7 Å². The van der Waals surface area contributed by atoms with Crippen LogP contribution in [0.15, 0.2) is 24.3 Å². The summed E-state index contributed by atoms with van der Waals surface area (Å²) < 4.78 is 0. The smallest absolute Gasteiger partial charge is 0.270 e. The van der Waals surface area contributed by atoms with Crippen LogP contribution in [0, 0.1) is 0 Å². The fraction of sp³-hybridized carbons (Fsp3) is 0.438. The van der Waals surface area contributed by atoms with Gasteiger partial charge in [0.2, 0.25) is 0 Å². The molecule has 2 atom stereocenters. The molecule has 0 radical (unpaired) electrons. The monoisotopic (exact) mass is 271 g/mol. The summed E-state index contributed by atoms with van der Waals surface area (Å²) in [5.74, 6) is 0.0967. The summed E-state index contributed by atoms with van der Waals surface area (Å²) in [6.45, 7) is 4.27. The van der Waals surface area contributed by atoms with Gasteiger partial charge in [0.05, 0.1) is 0 Å². The Morgan fingerprint density at radius 2 is 1.95 bits per heavy atom. The Labute approximate surface area is 118 Å². The molecule has 0 spiro atoms. The summed E-state index contributed by atoms with van der Waals surface area (Å²) in [7, 11) is 0. The molecular weight excluding hydrogens is 250 g/mol. The van der Waals surface area contributed by atoms with Crippen LogP contribution in [0.1, 0.15) is 43.6 Å². The number of nitrogens with zero attached hydrogens (tertiary/aromatic N) is 1. The predicted molar refractivity (Wildman–Crippen MR) is 81.7 cm³/mol. The SMILES string of the molecule is C[C@@H]1CCC[C@H](C)N1C(=O)c1cc2cc(N)ccc2[nH]1. The first kappa shape index (κ1) is 13.0. The molecule has 0 saturated carbocycles. The molecule has 1 saturated heterocycles. The fourth-order valence-electron chi connectivity index (χ4n) is 3.23. The molecule has 3 N–H and O–H groups in total. The van der Waals surface area contributed by atoms with Crippen molar-refractivity contribution in [3.05, 3.63) is 30.0 Å². The van der Waals surface area contributed by atoms with Crippen molar-refractivity contribution in [2.24, 2.45) is 0 Å². The maximum atomic E-state index is 12.7. The zero-order valence-corrected chi connectivity index (χ0v) is 12.0. The van der Waals surface area contributed by atoms with Crippen molar-refractivity contribution in [3.63, 3.8) is 0 Å². The molecule has 1 aliphatic rings. The van der Waals surface area contributed by atoms with E-state index < -0.39 is 0 Å². The second-order valence-electron chi connectivity index (χ2n) is 5.87. The van der Waals surface area contributed by atoms with Gasteiger partial charge in [0.15, 0.2) is 0 Å². The second kappa shape index (κ2) is 4.85. The van der Waals surface area contributed by atoms with Crippen molar-refractivity contribution < 1.29 is 4.79 Å². The van der Waals surface area contributed by atoms with E-state index in [-0.39, 0.29) is 5.91 Å². The van der Waals surface area contributed by atoms with Crippen molar-refractivity contribution in [1.29, 1.82) is 0 Å². The van der Waals surface area contributed by atoms with E-state index in [9.17, 15) is 4.79 Å². The topological polar surface area (TPSA) is 62.1 Å². The first-order valence-electron chi connectivity index (χ1n) is 7.27. The van der Waals surface area contributed by atoms with Crippen LogP contribution < -0.4 is 5.73 Å². The van der Waals surface area contributed by atoms with Crippen LogP contribution in [-0.2, 0) is 0 Å². The average Bonchev–Trinajstić information content (AvgIpc) is 2.81. The molecule has 1 fully saturated rings. The Morgan fingerprint density at radius 3 is 2.65 bits per heavy atom. The number of aromatic amines is 1. The molecule has 2 heterocycles. The molecular formula is C16H21N3O. The lowest BCUT2D eigenvalue weighted by molar-refractivity contribution is 0.0505. The minimum Gasteiger partial charge on any atom is -0.399 e. The van der Waals surface area contributed by atoms with Crippen molar-refractivity contribution in [3.8, 4) is 0 Å². The highest BCUT2D eigenvalue weighted by Gasteiger charge is 2.30. The molecule has 2 aromatic rings. The van der Waals surface area contributed by atoms with Gasteiger partial charge in [-0.15, -0.1) is 0 Å². The predicted octanol–water partition coefficient (Wildman–Crippen LogP) is 3.15. The first-order chi connectivity index (χ1) is 9.56. The number of H-pyrrole nitrogens is 1. The molecule has 1 aliphatic heterocycles. The van der Waals surface area contributed by atoms with Crippen LogP contribution in [0.4, 0.5) is 5.69 Å². The molecule has 3 rings (SSSR count). The van der Waals surface area contributed by atoms with E-state index in [4.69, 9.17) is 5.73 Å². The summed E-state index contributed by atoms with van der Waals surface area (Å²) >= 11 is 0. The highest BCUT2D eigenvalue weighted by atomic mass is 16.2. The van der Waals surface area contributed by atoms with E-state index in [1.54, 1.807) is 0 Å². The average molecular weight is 271 g/mol. The van der Waals surface area contributed by atoms with E-state index >= 15 is 0 Å². The Morgan fingerprint density at radius 1 is 1.25 bits per heavy atom. The minimum atomic E-state index is 0.0967. The zero-order chi connectivity index (χ0) is 14.3. The van der Waals surface area contributed by atoms with Crippen molar-refractivity contribution in [1.82, 2.24) is 9.88 Å². The first-order valence-corrected chi connectivity index (χ1v) is 7.27. The highest BCUT2D eigenvalue weighted by molar-refractivity contribution is 5.98. The van der Waals surface area contributed by atoms with Gasteiger partial charge in [-0.25, -0.2) is 0 Å². The molecule has 106 valence electrons. The van der Waals surface area contributed by atoms with Crippen molar-refractivity contribution in [2.75, 3.05) is 5.73 Å². The number of aromatic nitrogens is 1. The second-order valence-corrected chi connectivity index (χ2v) is 5.87. The number of likely N-dealkylation sites (tertiary alicyclic amines) is 1. The number of nitrogens with two attached hydrogens (primary N) is 1. The quantitative estimate of drug-likeness (QED) is 0.783. The molecule has 1 amide bonds. The van der Waals surface area contributed by atoms with E-state index in [1.165, 1.54) is 6.42 Å². The fourth-order valence-corrected chi connectivity index (χ4v) is 3.23. The maximum Gasteiger partial charge on any atom is 0.270 e. The third kappa shape index (κ3) is 2.15. The van der Waals surface area contributed by atoms with Gasteiger partial charge < -0.3 is 15.6 Å². The number of amides is 1. The van der Waals surface area contributed by atoms with E-state index in [1.807, 2.05) is 29.2 Å². The Bertz CT molecular complexity index is 636. The number of fused-ring (bicyclic) bond motifs is 1. The van der Waals surface area contributed by atoms with E-state index in [2.05, 4.69) is 18.8 Å². The summed E-state index contributed by atoms with van der Waals surface area (Å²) in [4.78, 5) is 18.0. The Hall–Kier alpha value is -1.97. The number of carbonyl (C=O) groups excluding carboxylic acids is 1. The zero-order valence-electron chi connectivity index (χ0n) is 12.0. The number of benzene rings is 1. The third-order valence-corrected chi connectivity index (χ3v) is 4.30. The van der Waals surface area contributed by atoms with Gasteiger partial charge in [0.1, 0.15) is 5.69 Å². The van der Waals surface area contributed by atoms with Crippen molar-refractivity contribution >= 4 is 22.5 Å². The summed E-state index contributed by atoms with van der Waals surface area (Å²) in [6.07, 6.45) is 3.38. The van der Waals surface area contributed by atoms with Gasteiger partial charge in [-0.2, -0.15) is 0 Å². The lowest BCUT2D eigenvalue weighted by Gasteiger charge is -2.38. The Kier molecular flexibility index (Phi) is 3.16. The van der Waals surface area contributed by atoms with E-state index in [0.717, 1.165) is 29.4 Å². The maximum absolute atomic E-state index is 12.7. The molecule has 20 heavy (non-hydrogen) atoms. The molecule has 0 unspecified atom stereocenters. The number of rotatable bonds is 1. The number of carbonyl (C=O) groups is 1. The van der Waals surface area contributed by atoms with Crippen LogP contribution in [-0.4, -0.2) is 27.9 Å². The minimum absolute atomic E-state index is 0.0967. The highest BCUT2D eigenvalue weighted by Crippen LogP contribution is 2.26. The lowest BCUT2D eigenvalue weighted by atomic mass is 9.97. The van der Waals surface area contributed by atoms with E-state index in [0.29, 0.717) is 17.8 Å². The molecule has 0 aliphatic carbocycles. The molecule has 1 aromatic carbocycles. The van der Waals surface area contributed by atoms with Gasteiger partial charge in [-0.3, -0.25) is 4.79 Å². The third-order valence-electron chi connectivity index (χ3n) is 4.30. The van der Waals surface area contributed by atoms with Gasteiger partial charge in [-0.1, -0.05) is 0 Å². The summed E-state index contributed by atoms with van der Waals surface area (Å²) in [5, 5.41) is 0.991. The summed E-state index contributed by atoms with van der Waals surface area (Å²) in [5.41, 5.74) is 8.12. The van der Waals surface area contributed by atoms with Crippen molar-refractivity contribution in [2.45, 2.75) is 45.2 Å². The molecule has 4 nitrogen and oxygen atoms in total. The molecule has 0 bridgehead atoms. The molecule has 4 heteroatoms. The van der Waals surface area contributed by atoms with Gasteiger partial charge in [0.25, 0.3) is 5.91 Å². The largest absolute Gasteiger partial charge is 0.399 e. The van der Waals surface area contributed by atoms with Gasteiger partial charge >= 0.3 is 0 Å². The Balaban J connectivity index is 1.95. The number of nitrogen functional groups attached to an aromatic ring is 1. The molecule has 1 aromatic heterocycles. The number of anilines is 1. The van der Waals surface area contributed by atoms with Crippen LogP contribution in [0.2, 0.25) is 0 Å². The lowest BCUT2D eigenvalue weighted by Crippen LogP contribution is -2.47. The van der Waals surface area contributed by atoms with Crippen LogP contribution in [0.5, 0.6) is 0 Å². The normalized spacial score (nSPS) is 23.2. The van der Waals surface area contributed by atoms with Crippen LogP contribution >= 0.6 is 0 Å². The standard InChI is InChI=1S/C16H21N3O/c1-10-4-3-5-11(2)19(10)16(20)15-9-12-8-13(17)6-7-14(12)18-15/h6-11,18H,3-5,17H2,1-2H3/t10-,11+.